The van der Waals surface area contributed by atoms with Crippen LogP contribution in [0, 0.1) is 5.82 Å². The number of carboxylic acids is 1. The second kappa shape index (κ2) is 11.2. The minimum Gasteiger partial charge on any atom is -0.480 e. The molecule has 2 rings (SSSR count). The Morgan fingerprint density at radius 3 is 2.33 bits per heavy atom. The Morgan fingerprint density at radius 1 is 1.03 bits per heavy atom. The first kappa shape index (κ1) is 23.2. The summed E-state index contributed by atoms with van der Waals surface area (Å²) in [5.41, 5.74) is 0.473. The number of halogens is 1. The lowest BCUT2D eigenvalue weighted by molar-refractivity contribution is -0.142. The van der Waals surface area contributed by atoms with Crippen LogP contribution < -0.4 is 10.6 Å². The molecule has 0 radical (unpaired) electrons. The lowest BCUT2D eigenvalue weighted by Gasteiger charge is -2.21. The van der Waals surface area contributed by atoms with Gasteiger partial charge in [-0.1, -0.05) is 30.3 Å². The molecule has 0 aliphatic heterocycles. The van der Waals surface area contributed by atoms with Gasteiger partial charge in [-0.05, 0) is 36.2 Å². The highest BCUT2D eigenvalue weighted by atomic mass is 32.2. The molecule has 0 unspecified atom stereocenters. The molecule has 2 amide bonds. The summed E-state index contributed by atoms with van der Waals surface area (Å²) in [4.78, 5) is 36.3. The maximum Gasteiger partial charge on any atom is 0.326 e. The van der Waals surface area contributed by atoms with Crippen molar-refractivity contribution >= 4 is 28.6 Å². The summed E-state index contributed by atoms with van der Waals surface area (Å²) in [7, 11) is -1.42. The van der Waals surface area contributed by atoms with Gasteiger partial charge in [0.1, 0.15) is 17.9 Å². The number of carboxylic acid groups (broad SMARTS) is 1. The van der Waals surface area contributed by atoms with E-state index in [9.17, 15) is 28.1 Å². The third-order valence-corrected chi connectivity index (χ3v) is 5.64. The van der Waals surface area contributed by atoms with Gasteiger partial charge in [0.05, 0.1) is 10.8 Å². The molecule has 0 saturated carbocycles. The number of hydrogen-bond donors (Lipinski definition) is 3. The molecule has 3 N–H and O–H groups in total. The lowest BCUT2D eigenvalue weighted by atomic mass is 10.0. The van der Waals surface area contributed by atoms with Gasteiger partial charge in [-0.2, -0.15) is 0 Å². The van der Waals surface area contributed by atoms with Gasteiger partial charge in [-0.3, -0.25) is 13.8 Å². The fourth-order valence-electron chi connectivity index (χ4n) is 2.80. The van der Waals surface area contributed by atoms with E-state index >= 15 is 0 Å². The highest BCUT2D eigenvalue weighted by molar-refractivity contribution is 7.85. The third kappa shape index (κ3) is 7.40. The summed E-state index contributed by atoms with van der Waals surface area (Å²) in [5.74, 6) is -2.92. The van der Waals surface area contributed by atoms with Crippen LogP contribution in [0.1, 0.15) is 18.9 Å². The zero-order chi connectivity index (χ0) is 22.1. The van der Waals surface area contributed by atoms with Gasteiger partial charge >= 0.3 is 5.97 Å². The Bertz CT molecular complexity index is 923. The molecule has 0 saturated heterocycles. The van der Waals surface area contributed by atoms with Crippen molar-refractivity contribution in [3.05, 3.63) is 66.0 Å². The summed E-state index contributed by atoms with van der Waals surface area (Å²) in [6.07, 6.45) is -0.0687. The molecule has 2 aromatic carbocycles. The first-order valence-electron chi connectivity index (χ1n) is 9.24. The van der Waals surface area contributed by atoms with Crippen LogP contribution in [0.25, 0.3) is 0 Å². The first-order chi connectivity index (χ1) is 14.3. The van der Waals surface area contributed by atoms with Gasteiger partial charge < -0.3 is 15.7 Å². The van der Waals surface area contributed by atoms with E-state index in [2.05, 4.69) is 10.6 Å². The van der Waals surface area contributed by atoms with Crippen LogP contribution >= 0.6 is 0 Å². The van der Waals surface area contributed by atoms with Crippen molar-refractivity contribution in [1.29, 1.82) is 0 Å². The molecule has 0 aliphatic carbocycles. The standard InChI is InChI=1S/C21H23FN2O5S/c1-14(25)23-19(13-15-6-5-7-16(22)12-15)20(26)24-18(21(27)28)10-11-30(29)17-8-3-2-4-9-17/h2-9,12,18-19H,10-11,13H2,1H3,(H,23,25)(H,24,26)(H,27,28)/t18-,19-,30-/m0/s1. The van der Waals surface area contributed by atoms with Gasteiger partial charge in [0.25, 0.3) is 0 Å². The molecule has 160 valence electrons. The van der Waals surface area contributed by atoms with E-state index in [-0.39, 0.29) is 18.6 Å². The topological polar surface area (TPSA) is 113 Å². The number of aliphatic carboxylic acids is 1. The SMILES string of the molecule is CC(=O)N[C@@H](Cc1cccc(F)c1)C(=O)N[C@@H](CC[S@](=O)c1ccccc1)C(=O)O. The van der Waals surface area contributed by atoms with Gasteiger partial charge in [0, 0.05) is 24.0 Å². The van der Waals surface area contributed by atoms with Crippen LogP contribution in [0.15, 0.2) is 59.5 Å². The van der Waals surface area contributed by atoms with Crippen LogP contribution in [0.3, 0.4) is 0 Å². The molecular weight excluding hydrogens is 411 g/mol. The van der Waals surface area contributed by atoms with Crippen molar-refractivity contribution in [2.75, 3.05) is 5.75 Å². The number of amides is 2. The van der Waals surface area contributed by atoms with Crippen LogP contribution in [-0.4, -0.2) is 44.9 Å². The molecule has 0 aromatic heterocycles. The highest BCUT2D eigenvalue weighted by Crippen LogP contribution is 2.10. The van der Waals surface area contributed by atoms with Gasteiger partial charge in [-0.15, -0.1) is 0 Å². The van der Waals surface area contributed by atoms with Crippen LogP contribution in [0.4, 0.5) is 4.39 Å². The molecule has 3 atom stereocenters. The number of carbonyl (C=O) groups excluding carboxylic acids is 2. The van der Waals surface area contributed by atoms with Crippen LogP contribution in [0.5, 0.6) is 0 Å². The second-order valence-electron chi connectivity index (χ2n) is 6.64. The second-order valence-corrected chi connectivity index (χ2v) is 8.21. The Morgan fingerprint density at radius 2 is 1.73 bits per heavy atom. The average molecular weight is 434 g/mol. The predicted octanol–water partition coefficient (Wildman–Crippen LogP) is 1.64. The van der Waals surface area contributed by atoms with E-state index in [0.717, 1.165) is 0 Å². The number of carbonyl (C=O) groups is 3. The highest BCUT2D eigenvalue weighted by Gasteiger charge is 2.26. The molecule has 2 aromatic rings. The predicted molar refractivity (Wildman–Crippen MR) is 110 cm³/mol. The Balaban J connectivity index is 2.04. The van der Waals surface area contributed by atoms with Gasteiger partial charge in [0.15, 0.2) is 0 Å². The van der Waals surface area contributed by atoms with E-state index in [0.29, 0.717) is 10.5 Å². The van der Waals surface area contributed by atoms with Crippen molar-refractivity contribution in [3.63, 3.8) is 0 Å². The normalized spacial score (nSPS) is 13.7. The fraction of sp³-hybridized carbons (Fsp3) is 0.286. The summed E-state index contributed by atoms with van der Waals surface area (Å²) in [5, 5.41) is 14.3. The number of nitrogens with one attached hydrogen (secondary N) is 2. The van der Waals surface area contributed by atoms with Crippen molar-refractivity contribution in [2.45, 2.75) is 36.7 Å². The minimum absolute atomic E-state index is 0.00847. The maximum absolute atomic E-state index is 13.4. The number of rotatable bonds is 10. The molecule has 0 heterocycles. The average Bonchev–Trinajstić information content (AvgIpc) is 2.70. The minimum atomic E-state index is -1.42. The van der Waals surface area contributed by atoms with Crippen LogP contribution in [0.2, 0.25) is 0 Å². The zero-order valence-corrected chi connectivity index (χ0v) is 17.2. The summed E-state index contributed by atoms with van der Waals surface area (Å²) < 4.78 is 25.7. The molecule has 7 nitrogen and oxygen atoms in total. The largest absolute Gasteiger partial charge is 0.480 e. The molecule has 0 fully saturated rings. The monoisotopic (exact) mass is 434 g/mol. The molecule has 0 aliphatic rings. The molecule has 30 heavy (non-hydrogen) atoms. The quantitative estimate of drug-likeness (QED) is 0.526. The van der Waals surface area contributed by atoms with Crippen molar-refractivity contribution in [2.24, 2.45) is 0 Å². The number of benzene rings is 2. The van der Waals surface area contributed by atoms with E-state index in [1.54, 1.807) is 36.4 Å². The van der Waals surface area contributed by atoms with E-state index in [1.807, 2.05) is 0 Å². The van der Waals surface area contributed by atoms with Crippen molar-refractivity contribution < 1.29 is 28.1 Å². The first-order valence-corrected chi connectivity index (χ1v) is 10.6. The summed E-state index contributed by atoms with van der Waals surface area (Å²) >= 11 is 0. The summed E-state index contributed by atoms with van der Waals surface area (Å²) in [6, 6.07) is 11.8. The van der Waals surface area contributed by atoms with E-state index in [4.69, 9.17) is 0 Å². The molecular formula is C21H23FN2O5S. The molecule has 0 spiro atoms. The van der Waals surface area contributed by atoms with Gasteiger partial charge in [0.2, 0.25) is 11.8 Å². The Hall–Kier alpha value is -3.07. The van der Waals surface area contributed by atoms with E-state index in [1.165, 1.54) is 25.1 Å². The van der Waals surface area contributed by atoms with E-state index < -0.39 is 46.5 Å². The maximum atomic E-state index is 13.4. The smallest absolute Gasteiger partial charge is 0.326 e. The van der Waals surface area contributed by atoms with Crippen molar-refractivity contribution in [3.8, 4) is 0 Å². The van der Waals surface area contributed by atoms with Gasteiger partial charge in [-0.25, -0.2) is 9.18 Å². The molecule has 9 heteroatoms. The lowest BCUT2D eigenvalue weighted by Crippen LogP contribution is -2.52. The zero-order valence-electron chi connectivity index (χ0n) is 16.3. The molecule has 0 bridgehead atoms. The Kier molecular flexibility index (Phi) is 8.67. The fourth-order valence-corrected chi connectivity index (χ4v) is 3.95. The summed E-state index contributed by atoms with van der Waals surface area (Å²) in [6.45, 7) is 1.23. The number of hydrogen-bond acceptors (Lipinski definition) is 4. The Labute approximate surface area is 176 Å². The third-order valence-electron chi connectivity index (χ3n) is 4.24. The van der Waals surface area contributed by atoms with Crippen molar-refractivity contribution in [1.82, 2.24) is 10.6 Å². The van der Waals surface area contributed by atoms with Crippen LogP contribution in [-0.2, 0) is 31.6 Å².